The summed E-state index contributed by atoms with van der Waals surface area (Å²) in [4.78, 5) is 12.2. The summed E-state index contributed by atoms with van der Waals surface area (Å²) in [7, 11) is -0.548. The molecule has 4 nitrogen and oxygen atoms in total. The van der Waals surface area contributed by atoms with Crippen molar-refractivity contribution in [3.8, 4) is 5.75 Å². The molecule has 0 aromatic heterocycles. The molecule has 5 heteroatoms. The highest BCUT2D eigenvalue weighted by Gasteiger charge is 2.37. The first-order valence-corrected chi connectivity index (χ1v) is 17.2. The third-order valence-corrected chi connectivity index (χ3v) is 12.0. The molecule has 0 saturated carbocycles. The van der Waals surface area contributed by atoms with E-state index in [0.29, 0.717) is 12.2 Å². The summed E-state index contributed by atoms with van der Waals surface area (Å²) in [6.07, 6.45) is 12.5. The lowest BCUT2D eigenvalue weighted by atomic mass is 10.0. The molecule has 0 saturated heterocycles. The SMILES string of the molecule is CCCCCCCCCCOc1ccc(/C=C(\CO[Si](C)(C)C(C)(C)C)c2cccc(C(=O)OC)c2)cc1. The van der Waals surface area contributed by atoms with Crippen LogP contribution in [-0.4, -0.2) is 34.6 Å². The third kappa shape index (κ3) is 10.8. The summed E-state index contributed by atoms with van der Waals surface area (Å²) >= 11 is 0. The van der Waals surface area contributed by atoms with Crippen molar-refractivity contribution < 1.29 is 18.7 Å². The van der Waals surface area contributed by atoms with Gasteiger partial charge in [0.05, 0.1) is 25.9 Å². The second kappa shape index (κ2) is 15.9. The molecule has 0 radical (unpaired) electrons. The maximum Gasteiger partial charge on any atom is 0.337 e. The van der Waals surface area contributed by atoms with Gasteiger partial charge in [0.15, 0.2) is 8.32 Å². The summed E-state index contributed by atoms with van der Waals surface area (Å²) in [6.45, 7) is 14.7. The maximum atomic E-state index is 12.2. The van der Waals surface area contributed by atoms with Gasteiger partial charge in [0.1, 0.15) is 5.75 Å². The fourth-order valence-electron chi connectivity index (χ4n) is 3.93. The number of rotatable bonds is 16. The monoisotopic (exact) mass is 538 g/mol. The van der Waals surface area contributed by atoms with Crippen LogP contribution in [0.1, 0.15) is 101 Å². The van der Waals surface area contributed by atoms with Crippen LogP contribution in [0.25, 0.3) is 11.6 Å². The van der Waals surface area contributed by atoms with Crippen molar-refractivity contribution in [2.45, 2.75) is 97.2 Å². The second-order valence-electron chi connectivity index (χ2n) is 11.7. The van der Waals surface area contributed by atoms with E-state index >= 15 is 0 Å². The van der Waals surface area contributed by atoms with E-state index in [0.717, 1.165) is 35.5 Å². The van der Waals surface area contributed by atoms with Crippen LogP contribution in [0.2, 0.25) is 18.1 Å². The Hall–Kier alpha value is -2.37. The fraction of sp³-hybridized carbons (Fsp3) is 0.545. The zero-order valence-electron chi connectivity index (χ0n) is 24.9. The standard InChI is InChI=1S/C33H50O4Si/c1-8-9-10-11-12-13-14-15-23-36-31-21-19-27(20-22-31)24-30(26-37-38(6,7)33(2,3)4)28-17-16-18-29(25-28)32(34)35-5/h16-22,24-25H,8-15,23,26H2,1-7H3/b30-24+. The average molecular weight is 539 g/mol. The largest absolute Gasteiger partial charge is 0.494 e. The molecule has 0 amide bonds. The minimum atomic E-state index is -1.96. The Morgan fingerprint density at radius 1 is 0.868 bits per heavy atom. The van der Waals surface area contributed by atoms with Crippen LogP contribution in [0.3, 0.4) is 0 Å². The molecule has 0 N–H and O–H groups in total. The normalized spacial score (nSPS) is 12.4. The Kier molecular flexibility index (Phi) is 13.3. The van der Waals surface area contributed by atoms with Gasteiger partial charge >= 0.3 is 5.97 Å². The minimum absolute atomic E-state index is 0.111. The smallest absolute Gasteiger partial charge is 0.337 e. The third-order valence-electron chi connectivity index (χ3n) is 7.54. The van der Waals surface area contributed by atoms with E-state index in [1.165, 1.54) is 52.1 Å². The molecule has 0 bridgehead atoms. The van der Waals surface area contributed by atoms with Gasteiger partial charge < -0.3 is 13.9 Å². The quantitative estimate of drug-likeness (QED) is 0.0923. The molecular formula is C33H50O4Si. The number of benzene rings is 2. The van der Waals surface area contributed by atoms with E-state index in [1.807, 2.05) is 30.3 Å². The molecule has 0 aliphatic heterocycles. The molecule has 0 heterocycles. The molecule has 0 spiro atoms. The average Bonchev–Trinajstić information content (AvgIpc) is 2.89. The summed E-state index contributed by atoms with van der Waals surface area (Å²) in [5, 5.41) is 0.111. The first kappa shape index (κ1) is 31.8. The van der Waals surface area contributed by atoms with Gasteiger partial charge in [-0.15, -0.1) is 0 Å². The number of ether oxygens (including phenoxy) is 2. The topological polar surface area (TPSA) is 44.8 Å². The predicted octanol–water partition coefficient (Wildman–Crippen LogP) is 9.56. The lowest BCUT2D eigenvalue weighted by molar-refractivity contribution is 0.0600. The summed E-state index contributed by atoms with van der Waals surface area (Å²) in [5.41, 5.74) is 3.60. The highest BCUT2D eigenvalue weighted by Crippen LogP contribution is 2.37. The molecule has 2 rings (SSSR count). The van der Waals surface area contributed by atoms with Crippen molar-refractivity contribution in [2.75, 3.05) is 20.3 Å². The van der Waals surface area contributed by atoms with Gasteiger partial charge in [0, 0.05) is 0 Å². The molecule has 38 heavy (non-hydrogen) atoms. The van der Waals surface area contributed by atoms with Crippen LogP contribution >= 0.6 is 0 Å². The lowest BCUT2D eigenvalue weighted by Gasteiger charge is -2.36. The zero-order valence-corrected chi connectivity index (χ0v) is 25.9. The van der Waals surface area contributed by atoms with Gasteiger partial charge in [0.25, 0.3) is 0 Å². The number of carbonyl (C=O) groups is 1. The van der Waals surface area contributed by atoms with Crippen LogP contribution in [0, 0.1) is 0 Å². The van der Waals surface area contributed by atoms with Crippen molar-refractivity contribution >= 4 is 25.9 Å². The van der Waals surface area contributed by atoms with E-state index in [4.69, 9.17) is 13.9 Å². The summed E-state index contributed by atoms with van der Waals surface area (Å²) in [6, 6.07) is 15.8. The number of unbranched alkanes of at least 4 members (excludes halogenated alkanes) is 7. The molecule has 2 aromatic rings. The summed E-state index contributed by atoms with van der Waals surface area (Å²) in [5.74, 6) is 0.561. The number of carbonyl (C=O) groups excluding carboxylic acids is 1. The van der Waals surface area contributed by atoms with Gasteiger partial charge in [-0.2, -0.15) is 0 Å². The zero-order chi connectivity index (χ0) is 28.0. The first-order valence-electron chi connectivity index (χ1n) is 14.3. The van der Waals surface area contributed by atoms with Crippen LogP contribution in [0.15, 0.2) is 48.5 Å². The van der Waals surface area contributed by atoms with Crippen LogP contribution in [0.4, 0.5) is 0 Å². The van der Waals surface area contributed by atoms with Gasteiger partial charge in [0.2, 0.25) is 0 Å². The van der Waals surface area contributed by atoms with Gasteiger partial charge in [-0.3, -0.25) is 0 Å². The number of esters is 1. The van der Waals surface area contributed by atoms with Gasteiger partial charge in [-0.1, -0.05) is 96.9 Å². The molecule has 0 fully saturated rings. The van der Waals surface area contributed by atoms with Crippen LogP contribution < -0.4 is 4.74 Å². The highest BCUT2D eigenvalue weighted by atomic mass is 28.4. The van der Waals surface area contributed by atoms with Crippen molar-refractivity contribution in [3.63, 3.8) is 0 Å². The molecule has 0 aliphatic carbocycles. The number of methoxy groups -OCH3 is 1. The van der Waals surface area contributed by atoms with E-state index < -0.39 is 8.32 Å². The molecule has 210 valence electrons. The van der Waals surface area contributed by atoms with Crippen molar-refractivity contribution in [3.05, 3.63) is 65.2 Å². The Bertz CT molecular complexity index is 1000. The Balaban J connectivity index is 2.07. The van der Waals surface area contributed by atoms with Gasteiger partial charge in [-0.05, 0) is 71.6 Å². The predicted molar refractivity (Wildman–Crippen MR) is 163 cm³/mol. The molecule has 0 atom stereocenters. The Morgan fingerprint density at radius 3 is 2.08 bits per heavy atom. The fourth-order valence-corrected chi connectivity index (χ4v) is 4.88. The molecule has 0 aliphatic rings. The van der Waals surface area contributed by atoms with E-state index in [2.05, 4.69) is 59.0 Å². The number of hydrogen-bond acceptors (Lipinski definition) is 4. The minimum Gasteiger partial charge on any atom is -0.494 e. The van der Waals surface area contributed by atoms with Crippen LogP contribution in [-0.2, 0) is 9.16 Å². The molecule has 2 aromatic carbocycles. The lowest BCUT2D eigenvalue weighted by Crippen LogP contribution is -2.41. The van der Waals surface area contributed by atoms with E-state index in [1.54, 1.807) is 6.07 Å². The van der Waals surface area contributed by atoms with Crippen molar-refractivity contribution in [1.82, 2.24) is 0 Å². The summed E-state index contributed by atoms with van der Waals surface area (Å²) < 4.78 is 17.5. The van der Waals surface area contributed by atoms with Crippen molar-refractivity contribution in [2.24, 2.45) is 0 Å². The second-order valence-corrected chi connectivity index (χ2v) is 16.5. The highest BCUT2D eigenvalue weighted by molar-refractivity contribution is 6.74. The molecular weight excluding hydrogens is 488 g/mol. The van der Waals surface area contributed by atoms with E-state index in [9.17, 15) is 4.79 Å². The first-order chi connectivity index (χ1) is 18.1. The van der Waals surface area contributed by atoms with E-state index in [-0.39, 0.29) is 11.0 Å². The molecule has 0 unspecified atom stereocenters. The van der Waals surface area contributed by atoms with Gasteiger partial charge in [-0.25, -0.2) is 4.79 Å². The Labute approximate surface area is 232 Å². The van der Waals surface area contributed by atoms with Crippen LogP contribution in [0.5, 0.6) is 5.75 Å². The maximum absolute atomic E-state index is 12.2. The van der Waals surface area contributed by atoms with Crippen molar-refractivity contribution in [1.29, 1.82) is 0 Å². The number of hydrogen-bond donors (Lipinski definition) is 0. The Morgan fingerprint density at radius 2 is 1.47 bits per heavy atom.